The first-order chi connectivity index (χ1) is 8.64. The van der Waals surface area contributed by atoms with Crippen LogP contribution in [0.2, 0.25) is 0 Å². The minimum Gasteiger partial charge on any atom is -0.274 e. The SMILES string of the molecule is CC12CC=CCC1C(=O)N(c1ccccn1)C2=O. The Morgan fingerprint density at radius 2 is 2.17 bits per heavy atom. The van der Waals surface area contributed by atoms with Crippen molar-refractivity contribution in [2.45, 2.75) is 19.8 Å². The molecule has 0 saturated carbocycles. The molecule has 0 spiro atoms. The smallest absolute Gasteiger partial charge is 0.242 e. The molecular formula is C14H14N2O2. The lowest BCUT2D eigenvalue weighted by Crippen LogP contribution is -2.35. The molecule has 2 unspecified atom stereocenters. The van der Waals surface area contributed by atoms with Crippen molar-refractivity contribution >= 4 is 17.6 Å². The van der Waals surface area contributed by atoms with Crippen LogP contribution in [0.1, 0.15) is 19.8 Å². The Morgan fingerprint density at radius 3 is 2.83 bits per heavy atom. The number of amides is 2. The van der Waals surface area contributed by atoms with E-state index in [0.717, 1.165) is 0 Å². The summed E-state index contributed by atoms with van der Waals surface area (Å²) >= 11 is 0. The summed E-state index contributed by atoms with van der Waals surface area (Å²) in [6.45, 7) is 1.88. The normalized spacial score (nSPS) is 30.7. The van der Waals surface area contributed by atoms with Crippen LogP contribution in [0, 0.1) is 11.3 Å². The number of pyridine rings is 1. The first-order valence-corrected chi connectivity index (χ1v) is 6.09. The van der Waals surface area contributed by atoms with Gasteiger partial charge >= 0.3 is 0 Å². The predicted octanol–water partition coefficient (Wildman–Crippen LogP) is 1.93. The highest BCUT2D eigenvalue weighted by Crippen LogP contribution is 2.46. The van der Waals surface area contributed by atoms with Crippen molar-refractivity contribution in [3.8, 4) is 0 Å². The molecule has 1 aromatic heterocycles. The van der Waals surface area contributed by atoms with E-state index in [4.69, 9.17) is 0 Å². The van der Waals surface area contributed by atoms with E-state index in [1.54, 1.807) is 24.4 Å². The Morgan fingerprint density at radius 1 is 1.33 bits per heavy atom. The van der Waals surface area contributed by atoms with E-state index in [1.165, 1.54) is 4.90 Å². The Bertz CT molecular complexity index is 538. The molecule has 2 aliphatic rings. The summed E-state index contributed by atoms with van der Waals surface area (Å²) in [5.74, 6) is -0.0498. The molecule has 18 heavy (non-hydrogen) atoms. The van der Waals surface area contributed by atoms with Gasteiger partial charge in [-0.25, -0.2) is 9.88 Å². The molecule has 4 heteroatoms. The Balaban J connectivity index is 2.05. The second-order valence-corrected chi connectivity index (χ2v) is 5.05. The van der Waals surface area contributed by atoms with Gasteiger partial charge in [-0.15, -0.1) is 0 Å². The van der Waals surface area contributed by atoms with Crippen LogP contribution in [-0.4, -0.2) is 16.8 Å². The van der Waals surface area contributed by atoms with E-state index in [9.17, 15) is 9.59 Å². The third kappa shape index (κ3) is 1.35. The fraction of sp³-hybridized carbons (Fsp3) is 0.357. The zero-order valence-electron chi connectivity index (χ0n) is 10.2. The number of carbonyl (C=O) groups excluding carboxylic acids is 2. The maximum atomic E-state index is 12.5. The molecule has 2 amide bonds. The number of allylic oxidation sites excluding steroid dienone is 2. The van der Waals surface area contributed by atoms with Gasteiger partial charge in [0.25, 0.3) is 0 Å². The van der Waals surface area contributed by atoms with Crippen LogP contribution in [-0.2, 0) is 9.59 Å². The number of imide groups is 1. The van der Waals surface area contributed by atoms with Crippen LogP contribution in [0.5, 0.6) is 0 Å². The first kappa shape index (κ1) is 11.1. The van der Waals surface area contributed by atoms with Crippen molar-refractivity contribution in [1.82, 2.24) is 4.98 Å². The van der Waals surface area contributed by atoms with Gasteiger partial charge in [0.1, 0.15) is 5.82 Å². The van der Waals surface area contributed by atoms with Gasteiger partial charge in [0.15, 0.2) is 0 Å². The number of fused-ring (bicyclic) bond motifs is 1. The number of aromatic nitrogens is 1. The van der Waals surface area contributed by atoms with Crippen molar-refractivity contribution in [2.75, 3.05) is 4.90 Å². The van der Waals surface area contributed by atoms with Gasteiger partial charge in [0, 0.05) is 6.20 Å². The Kier molecular flexibility index (Phi) is 2.33. The summed E-state index contributed by atoms with van der Waals surface area (Å²) in [4.78, 5) is 30.3. The molecule has 0 bridgehead atoms. The minimum absolute atomic E-state index is 0.120. The molecule has 1 saturated heterocycles. The maximum Gasteiger partial charge on any atom is 0.242 e. The van der Waals surface area contributed by atoms with Crippen molar-refractivity contribution in [2.24, 2.45) is 11.3 Å². The number of hydrogen-bond acceptors (Lipinski definition) is 3. The summed E-state index contributed by atoms with van der Waals surface area (Å²) in [6.07, 6.45) is 6.84. The van der Waals surface area contributed by atoms with Crippen molar-refractivity contribution in [1.29, 1.82) is 0 Å². The molecule has 1 aliphatic heterocycles. The highest BCUT2D eigenvalue weighted by atomic mass is 16.2. The molecule has 1 aromatic rings. The van der Waals surface area contributed by atoms with Gasteiger partial charge in [-0.05, 0) is 31.9 Å². The molecule has 1 aliphatic carbocycles. The Hall–Kier alpha value is -1.97. The lowest BCUT2D eigenvalue weighted by atomic mass is 9.72. The van der Waals surface area contributed by atoms with Crippen molar-refractivity contribution in [3.63, 3.8) is 0 Å². The van der Waals surface area contributed by atoms with Crippen molar-refractivity contribution < 1.29 is 9.59 Å². The lowest BCUT2D eigenvalue weighted by molar-refractivity contribution is -0.126. The highest BCUT2D eigenvalue weighted by molar-refractivity contribution is 6.23. The number of nitrogens with zero attached hydrogens (tertiary/aromatic N) is 2. The monoisotopic (exact) mass is 242 g/mol. The summed E-state index contributed by atoms with van der Waals surface area (Å²) in [5, 5.41) is 0. The molecule has 2 heterocycles. The summed E-state index contributed by atoms with van der Waals surface area (Å²) < 4.78 is 0. The summed E-state index contributed by atoms with van der Waals surface area (Å²) in [7, 11) is 0. The molecule has 1 fully saturated rings. The zero-order chi connectivity index (χ0) is 12.8. The molecule has 2 atom stereocenters. The maximum absolute atomic E-state index is 12.5. The number of carbonyl (C=O) groups is 2. The standard InChI is InChI=1S/C14H14N2O2/c1-14-8-4-2-6-10(14)12(17)16(13(14)18)11-7-3-5-9-15-11/h2-5,7,9-10H,6,8H2,1H3. The quantitative estimate of drug-likeness (QED) is 0.558. The van der Waals surface area contributed by atoms with E-state index in [-0.39, 0.29) is 17.7 Å². The predicted molar refractivity (Wildman–Crippen MR) is 66.7 cm³/mol. The summed E-state index contributed by atoms with van der Waals surface area (Å²) in [6, 6.07) is 5.25. The van der Waals surface area contributed by atoms with E-state index in [0.29, 0.717) is 18.7 Å². The van der Waals surface area contributed by atoms with Crippen LogP contribution in [0.3, 0.4) is 0 Å². The zero-order valence-corrected chi connectivity index (χ0v) is 10.2. The van der Waals surface area contributed by atoms with E-state index in [1.807, 2.05) is 19.1 Å². The second-order valence-electron chi connectivity index (χ2n) is 5.05. The Labute approximate surface area is 105 Å². The summed E-state index contributed by atoms with van der Waals surface area (Å²) in [5.41, 5.74) is -0.594. The van der Waals surface area contributed by atoms with Gasteiger partial charge < -0.3 is 0 Å². The van der Waals surface area contributed by atoms with Gasteiger partial charge in [-0.1, -0.05) is 18.2 Å². The van der Waals surface area contributed by atoms with E-state index < -0.39 is 5.41 Å². The lowest BCUT2D eigenvalue weighted by Gasteiger charge is -2.27. The molecule has 3 rings (SSSR count). The van der Waals surface area contributed by atoms with Crippen molar-refractivity contribution in [3.05, 3.63) is 36.5 Å². The topological polar surface area (TPSA) is 50.3 Å². The largest absolute Gasteiger partial charge is 0.274 e. The molecule has 4 nitrogen and oxygen atoms in total. The molecule has 0 N–H and O–H groups in total. The van der Waals surface area contributed by atoms with Crippen LogP contribution >= 0.6 is 0 Å². The number of rotatable bonds is 1. The molecular weight excluding hydrogens is 228 g/mol. The van der Waals surface area contributed by atoms with Crippen LogP contribution in [0.15, 0.2) is 36.5 Å². The third-order valence-corrected chi connectivity index (χ3v) is 3.94. The van der Waals surface area contributed by atoms with Gasteiger partial charge in [0.05, 0.1) is 11.3 Å². The van der Waals surface area contributed by atoms with Gasteiger partial charge in [-0.3, -0.25) is 9.59 Å². The van der Waals surface area contributed by atoms with E-state index >= 15 is 0 Å². The van der Waals surface area contributed by atoms with Crippen LogP contribution in [0.25, 0.3) is 0 Å². The minimum atomic E-state index is -0.594. The third-order valence-electron chi connectivity index (χ3n) is 3.94. The average Bonchev–Trinajstić information content (AvgIpc) is 2.59. The second kappa shape index (κ2) is 3.77. The molecule has 0 aromatic carbocycles. The van der Waals surface area contributed by atoms with Gasteiger partial charge in [0.2, 0.25) is 11.8 Å². The first-order valence-electron chi connectivity index (χ1n) is 6.09. The average molecular weight is 242 g/mol. The number of hydrogen-bond donors (Lipinski definition) is 0. The fourth-order valence-electron chi connectivity index (χ4n) is 2.79. The van der Waals surface area contributed by atoms with Crippen LogP contribution in [0.4, 0.5) is 5.82 Å². The van der Waals surface area contributed by atoms with Gasteiger partial charge in [-0.2, -0.15) is 0 Å². The fourth-order valence-corrected chi connectivity index (χ4v) is 2.79. The van der Waals surface area contributed by atoms with Crippen LogP contribution < -0.4 is 4.90 Å². The number of anilines is 1. The highest BCUT2D eigenvalue weighted by Gasteiger charge is 2.56. The molecule has 92 valence electrons. The van der Waals surface area contributed by atoms with E-state index in [2.05, 4.69) is 4.98 Å². The molecule has 0 radical (unpaired) electrons.